The summed E-state index contributed by atoms with van der Waals surface area (Å²) in [6.07, 6.45) is 7.48. The summed E-state index contributed by atoms with van der Waals surface area (Å²) in [5.41, 5.74) is 4.45. The van der Waals surface area contributed by atoms with Crippen molar-refractivity contribution in [3.63, 3.8) is 0 Å². The van der Waals surface area contributed by atoms with Crippen LogP contribution in [0.3, 0.4) is 0 Å². The highest BCUT2D eigenvalue weighted by atomic mass is 32.2. The molecule has 2 aliphatic heterocycles. The first-order valence-corrected chi connectivity index (χ1v) is 11.3. The van der Waals surface area contributed by atoms with Gasteiger partial charge in [0, 0.05) is 12.7 Å². The van der Waals surface area contributed by atoms with Crippen molar-refractivity contribution in [3.8, 4) is 11.4 Å². The van der Waals surface area contributed by atoms with Gasteiger partial charge in [-0.15, -0.1) is 4.40 Å². The van der Waals surface area contributed by atoms with Crippen molar-refractivity contribution < 1.29 is 13.3 Å². The second-order valence-corrected chi connectivity index (χ2v) is 8.63. The Labute approximate surface area is 188 Å². The third-order valence-electron chi connectivity index (χ3n) is 5.46. The third-order valence-corrected chi connectivity index (χ3v) is 6.49. The van der Waals surface area contributed by atoms with Crippen molar-refractivity contribution in [2.75, 3.05) is 18.1 Å². The van der Waals surface area contributed by atoms with Crippen LogP contribution in [-0.4, -0.2) is 38.3 Å². The molecule has 2 aliphatic rings. The summed E-state index contributed by atoms with van der Waals surface area (Å²) in [5, 5.41) is 1.92. The molecule has 0 aliphatic carbocycles. The fourth-order valence-electron chi connectivity index (χ4n) is 3.97. The molecule has 2 aromatic carbocycles. The second-order valence-electron chi connectivity index (χ2n) is 7.64. The number of benzene rings is 2. The van der Waals surface area contributed by atoms with Gasteiger partial charge in [0.2, 0.25) is 0 Å². The molecule has 0 radical (unpaired) electrons. The van der Waals surface area contributed by atoms with E-state index in [-0.39, 0.29) is 5.82 Å². The lowest BCUT2D eigenvalue weighted by atomic mass is 10.0. The number of amidine groups is 1. The van der Waals surface area contributed by atoms with Gasteiger partial charge >= 0.3 is 0 Å². The molecule has 1 atom stereocenters. The molecule has 9 heteroatoms. The van der Waals surface area contributed by atoms with Crippen molar-refractivity contribution >= 4 is 28.8 Å². The number of ether oxygens (including phenoxy) is 1. The van der Waals surface area contributed by atoms with Gasteiger partial charge in [-0.25, -0.2) is 13.6 Å². The maximum absolute atomic E-state index is 13.3. The number of piperidine rings is 1. The summed E-state index contributed by atoms with van der Waals surface area (Å²) in [6, 6.07) is 11.9. The minimum atomic E-state index is -1.60. The fraction of sp³-hybridized carbons (Fsp3) is 0.217. The van der Waals surface area contributed by atoms with Crippen LogP contribution >= 0.6 is 0 Å². The van der Waals surface area contributed by atoms with Crippen LogP contribution in [0.2, 0.25) is 0 Å². The van der Waals surface area contributed by atoms with Gasteiger partial charge in [-0.3, -0.25) is 5.01 Å². The van der Waals surface area contributed by atoms with Gasteiger partial charge in [0.1, 0.15) is 11.6 Å². The largest absolute Gasteiger partial charge is 0.495 e. The number of aryl methyl sites for hydroxylation is 1. The first-order valence-electron chi connectivity index (χ1n) is 10.3. The summed E-state index contributed by atoms with van der Waals surface area (Å²) >= 11 is -1.60. The average Bonchev–Trinajstić information content (AvgIpc) is 3.37. The summed E-state index contributed by atoms with van der Waals surface area (Å²) in [4.78, 5) is 4.28. The molecule has 3 aromatic rings. The molecule has 1 saturated heterocycles. The van der Waals surface area contributed by atoms with E-state index in [0.29, 0.717) is 18.1 Å². The van der Waals surface area contributed by atoms with Crippen LogP contribution < -0.4 is 9.15 Å². The molecule has 0 N–H and O–H groups in total. The topological polar surface area (TPSA) is 63.0 Å². The highest BCUT2D eigenvalue weighted by Gasteiger charge is 2.36. The Bertz CT molecular complexity index is 1250. The van der Waals surface area contributed by atoms with Crippen LogP contribution in [0.15, 0.2) is 65.0 Å². The molecule has 1 aromatic heterocycles. The van der Waals surface area contributed by atoms with Crippen molar-refractivity contribution in [1.82, 2.24) is 14.6 Å². The number of rotatable bonds is 4. The number of aromatic nitrogens is 2. The molecule has 3 heterocycles. The lowest BCUT2D eigenvalue weighted by Crippen LogP contribution is -2.45. The summed E-state index contributed by atoms with van der Waals surface area (Å²) in [7, 11) is 1.65. The van der Waals surface area contributed by atoms with E-state index in [1.807, 2.05) is 40.9 Å². The zero-order chi connectivity index (χ0) is 22.2. The van der Waals surface area contributed by atoms with Gasteiger partial charge in [-0.05, 0) is 73.4 Å². The number of anilines is 1. The Hall–Kier alpha value is -3.46. The minimum absolute atomic E-state index is 0.331. The molecule has 0 saturated carbocycles. The number of hydrogen-bond acceptors (Lipinski definition) is 4. The van der Waals surface area contributed by atoms with Crippen LogP contribution in [0.25, 0.3) is 11.8 Å². The molecule has 5 rings (SSSR count). The lowest BCUT2D eigenvalue weighted by molar-refractivity contribution is 0.412. The van der Waals surface area contributed by atoms with E-state index in [9.17, 15) is 8.60 Å². The molecular formula is C23H22FN5O2S. The van der Waals surface area contributed by atoms with Crippen LogP contribution in [0.5, 0.6) is 5.75 Å². The van der Waals surface area contributed by atoms with E-state index in [0.717, 1.165) is 41.1 Å². The summed E-state index contributed by atoms with van der Waals surface area (Å²) in [5.74, 6) is 1.09. The molecule has 7 nitrogen and oxygen atoms in total. The number of methoxy groups -OCH3 is 1. The molecule has 32 heavy (non-hydrogen) atoms. The first kappa shape index (κ1) is 20.4. The highest BCUT2D eigenvalue weighted by Crippen LogP contribution is 2.33. The van der Waals surface area contributed by atoms with Crippen LogP contribution in [0, 0.1) is 12.7 Å². The molecule has 1 fully saturated rings. The van der Waals surface area contributed by atoms with Crippen molar-refractivity contribution in [2.45, 2.75) is 19.8 Å². The van der Waals surface area contributed by atoms with E-state index in [4.69, 9.17) is 4.74 Å². The molecular weight excluding hydrogens is 429 g/mol. The molecule has 0 bridgehead atoms. The lowest BCUT2D eigenvalue weighted by Gasteiger charge is -2.33. The number of halogens is 1. The van der Waals surface area contributed by atoms with Crippen molar-refractivity contribution in [2.24, 2.45) is 4.40 Å². The fourth-order valence-corrected chi connectivity index (χ4v) is 5.04. The van der Waals surface area contributed by atoms with Gasteiger partial charge in [0.25, 0.3) is 11.2 Å². The summed E-state index contributed by atoms with van der Waals surface area (Å²) < 4.78 is 39.7. The monoisotopic (exact) mass is 451 g/mol. The number of hydrogen-bond donors (Lipinski definition) is 0. The van der Waals surface area contributed by atoms with E-state index in [2.05, 4.69) is 15.5 Å². The first-order chi connectivity index (χ1) is 15.5. The van der Waals surface area contributed by atoms with Gasteiger partial charge in [0.05, 0.1) is 30.5 Å². The number of fused-ring (bicyclic) bond motifs is 1. The SMILES string of the molecule is COc1cc(C=C2CCCN3C2=NS(=O)N3c2ccc(F)cc2)ccc1-n1cnc(C)c1. The maximum Gasteiger partial charge on any atom is 0.267 e. The van der Waals surface area contributed by atoms with Crippen molar-refractivity contribution in [3.05, 3.63) is 77.6 Å². The maximum atomic E-state index is 13.3. The molecule has 0 spiro atoms. The Morgan fingerprint density at radius 3 is 2.72 bits per heavy atom. The quantitative estimate of drug-likeness (QED) is 0.596. The molecule has 164 valence electrons. The van der Waals surface area contributed by atoms with E-state index in [1.54, 1.807) is 30.0 Å². The highest BCUT2D eigenvalue weighted by molar-refractivity contribution is 7.85. The predicted octanol–water partition coefficient (Wildman–Crippen LogP) is 4.22. The zero-order valence-electron chi connectivity index (χ0n) is 17.7. The van der Waals surface area contributed by atoms with E-state index in [1.165, 1.54) is 12.1 Å². The van der Waals surface area contributed by atoms with Gasteiger partial charge in [0.15, 0.2) is 5.84 Å². The second kappa shape index (κ2) is 8.23. The van der Waals surface area contributed by atoms with Gasteiger partial charge < -0.3 is 9.30 Å². The Morgan fingerprint density at radius 2 is 2.00 bits per heavy atom. The Kier molecular flexibility index (Phi) is 5.26. The van der Waals surface area contributed by atoms with Crippen molar-refractivity contribution in [1.29, 1.82) is 0 Å². The number of nitrogens with zero attached hydrogens (tertiary/aromatic N) is 5. The average molecular weight is 452 g/mol. The van der Waals surface area contributed by atoms with Gasteiger partial charge in [-0.1, -0.05) is 6.07 Å². The normalized spacial score (nSPS) is 19.3. The molecule has 1 unspecified atom stereocenters. The number of imidazole rings is 1. The standard InChI is InChI=1S/C23H22FN5O2S/c1-16-14-27(15-25-16)21-10-5-17(13-22(21)31-2)12-18-4-3-11-28-23(18)26-32(30)29(28)20-8-6-19(24)7-9-20/h5-10,12-15H,3-4,11H2,1-2H3. The summed E-state index contributed by atoms with van der Waals surface area (Å²) in [6.45, 7) is 2.64. The Morgan fingerprint density at radius 1 is 1.19 bits per heavy atom. The third kappa shape index (κ3) is 3.69. The minimum Gasteiger partial charge on any atom is -0.495 e. The predicted molar refractivity (Wildman–Crippen MR) is 123 cm³/mol. The van der Waals surface area contributed by atoms with Gasteiger partial charge in [-0.2, -0.15) is 4.41 Å². The van der Waals surface area contributed by atoms with Crippen LogP contribution in [0.1, 0.15) is 24.1 Å². The van der Waals surface area contributed by atoms with Crippen LogP contribution in [0.4, 0.5) is 10.1 Å². The number of hydrazine groups is 1. The smallest absolute Gasteiger partial charge is 0.267 e. The zero-order valence-corrected chi connectivity index (χ0v) is 18.6. The van der Waals surface area contributed by atoms with Crippen LogP contribution in [-0.2, 0) is 11.2 Å². The van der Waals surface area contributed by atoms with E-state index < -0.39 is 11.2 Å². The Balaban J connectivity index is 1.46. The van der Waals surface area contributed by atoms with E-state index >= 15 is 0 Å². The molecule has 0 amide bonds.